The maximum Gasteiger partial charge on any atom is 0.320 e. The molecule has 6 heteroatoms. The van der Waals surface area contributed by atoms with E-state index in [9.17, 15) is 13.9 Å². The summed E-state index contributed by atoms with van der Waals surface area (Å²) >= 11 is 0. The van der Waals surface area contributed by atoms with Gasteiger partial charge in [-0.05, 0) is 18.6 Å². The second-order valence-electron chi connectivity index (χ2n) is 4.84. The molecule has 0 aliphatic carbocycles. The SMILES string of the molecule is O[C@H]1CCN(Cc2nc3ccccc3n2C(F)F)C1. The summed E-state index contributed by atoms with van der Waals surface area (Å²) < 4.78 is 27.4. The fourth-order valence-electron chi connectivity index (χ4n) is 2.58. The van der Waals surface area contributed by atoms with Gasteiger partial charge in [-0.3, -0.25) is 9.47 Å². The Labute approximate surface area is 109 Å². The van der Waals surface area contributed by atoms with Gasteiger partial charge in [-0.15, -0.1) is 0 Å². The van der Waals surface area contributed by atoms with Gasteiger partial charge < -0.3 is 5.11 Å². The van der Waals surface area contributed by atoms with E-state index in [1.807, 2.05) is 4.90 Å². The molecule has 102 valence electrons. The summed E-state index contributed by atoms with van der Waals surface area (Å²) in [7, 11) is 0. The molecule has 0 amide bonds. The van der Waals surface area contributed by atoms with E-state index in [0.29, 0.717) is 42.9 Å². The number of halogens is 2. The van der Waals surface area contributed by atoms with Gasteiger partial charge in [-0.2, -0.15) is 8.78 Å². The Morgan fingerprint density at radius 2 is 2.16 bits per heavy atom. The Hall–Kier alpha value is -1.53. The van der Waals surface area contributed by atoms with E-state index in [1.165, 1.54) is 0 Å². The van der Waals surface area contributed by atoms with Crippen molar-refractivity contribution in [2.24, 2.45) is 0 Å². The highest BCUT2D eigenvalue weighted by Gasteiger charge is 2.24. The second kappa shape index (κ2) is 4.86. The van der Waals surface area contributed by atoms with Crippen LogP contribution < -0.4 is 0 Å². The van der Waals surface area contributed by atoms with Crippen LogP contribution >= 0.6 is 0 Å². The van der Waals surface area contributed by atoms with E-state index in [-0.39, 0.29) is 6.10 Å². The van der Waals surface area contributed by atoms with Crippen LogP contribution in [0.5, 0.6) is 0 Å². The number of hydrogen-bond acceptors (Lipinski definition) is 3. The van der Waals surface area contributed by atoms with Gasteiger partial charge in [0.25, 0.3) is 0 Å². The van der Waals surface area contributed by atoms with E-state index in [4.69, 9.17) is 0 Å². The molecule has 2 aromatic rings. The summed E-state index contributed by atoms with van der Waals surface area (Å²) in [5.74, 6) is 0.352. The number of hydrogen-bond donors (Lipinski definition) is 1. The van der Waals surface area contributed by atoms with Crippen LogP contribution in [0.15, 0.2) is 24.3 Å². The molecule has 0 unspecified atom stereocenters. The Kier molecular flexibility index (Phi) is 3.20. The van der Waals surface area contributed by atoms with Crippen LogP contribution in [0.25, 0.3) is 11.0 Å². The Morgan fingerprint density at radius 3 is 2.84 bits per heavy atom. The Bertz CT molecular complexity index is 584. The quantitative estimate of drug-likeness (QED) is 0.924. The van der Waals surface area contributed by atoms with Gasteiger partial charge in [-0.1, -0.05) is 12.1 Å². The number of aliphatic hydroxyl groups excluding tert-OH is 1. The van der Waals surface area contributed by atoms with E-state index in [1.54, 1.807) is 24.3 Å². The summed E-state index contributed by atoms with van der Waals surface area (Å²) in [6, 6.07) is 6.90. The number of fused-ring (bicyclic) bond motifs is 1. The van der Waals surface area contributed by atoms with Crippen molar-refractivity contribution in [2.75, 3.05) is 13.1 Å². The molecule has 3 rings (SSSR count). The smallest absolute Gasteiger partial charge is 0.320 e. The third-order valence-electron chi connectivity index (χ3n) is 3.48. The molecule has 1 N–H and O–H groups in total. The number of nitrogens with zero attached hydrogens (tertiary/aromatic N) is 3. The van der Waals surface area contributed by atoms with Crippen molar-refractivity contribution in [3.05, 3.63) is 30.1 Å². The first-order valence-corrected chi connectivity index (χ1v) is 6.29. The normalized spacial score (nSPS) is 20.7. The Morgan fingerprint density at radius 1 is 1.37 bits per heavy atom. The first-order valence-electron chi connectivity index (χ1n) is 6.29. The standard InChI is InChI=1S/C13H15F2N3O/c14-13(15)18-11-4-2-1-3-10(11)16-12(18)8-17-6-5-9(19)7-17/h1-4,9,13,19H,5-8H2/t9-/m0/s1. The van der Waals surface area contributed by atoms with E-state index >= 15 is 0 Å². The molecule has 0 saturated carbocycles. The third kappa shape index (κ3) is 2.33. The maximum atomic E-state index is 13.2. The molecule has 0 bridgehead atoms. The van der Waals surface area contributed by atoms with Gasteiger partial charge >= 0.3 is 6.55 Å². The zero-order valence-electron chi connectivity index (χ0n) is 10.3. The molecular weight excluding hydrogens is 252 g/mol. The van der Waals surface area contributed by atoms with Crippen molar-refractivity contribution in [1.29, 1.82) is 0 Å². The molecule has 1 aromatic carbocycles. The van der Waals surface area contributed by atoms with Crippen molar-refractivity contribution < 1.29 is 13.9 Å². The van der Waals surface area contributed by atoms with Gasteiger partial charge in [0.1, 0.15) is 5.82 Å². The monoisotopic (exact) mass is 267 g/mol. The summed E-state index contributed by atoms with van der Waals surface area (Å²) in [6.45, 7) is -1.02. The van der Waals surface area contributed by atoms with Crippen molar-refractivity contribution in [1.82, 2.24) is 14.5 Å². The highest BCUT2D eigenvalue weighted by atomic mass is 19.3. The van der Waals surface area contributed by atoms with Crippen LogP contribution in [-0.2, 0) is 6.54 Å². The van der Waals surface area contributed by atoms with Gasteiger partial charge in [0, 0.05) is 13.1 Å². The van der Waals surface area contributed by atoms with Gasteiger partial charge in [-0.25, -0.2) is 4.98 Å². The number of para-hydroxylation sites is 2. The largest absolute Gasteiger partial charge is 0.392 e. The van der Waals surface area contributed by atoms with Crippen molar-refractivity contribution in [2.45, 2.75) is 25.6 Å². The van der Waals surface area contributed by atoms with Crippen LogP contribution in [0.4, 0.5) is 8.78 Å². The molecule has 1 fully saturated rings. The van der Waals surface area contributed by atoms with Crippen LogP contribution in [0, 0.1) is 0 Å². The summed E-state index contributed by atoms with van der Waals surface area (Å²) in [4.78, 5) is 6.23. The van der Waals surface area contributed by atoms with Gasteiger partial charge in [0.05, 0.1) is 23.7 Å². The Balaban J connectivity index is 1.95. The molecule has 1 aliphatic rings. The number of rotatable bonds is 3. The average Bonchev–Trinajstić information content (AvgIpc) is 2.92. The lowest BCUT2D eigenvalue weighted by Gasteiger charge is -2.15. The van der Waals surface area contributed by atoms with E-state index in [0.717, 1.165) is 4.57 Å². The van der Waals surface area contributed by atoms with Crippen LogP contribution in [0.3, 0.4) is 0 Å². The topological polar surface area (TPSA) is 41.3 Å². The lowest BCUT2D eigenvalue weighted by atomic mass is 10.3. The van der Waals surface area contributed by atoms with Crippen LogP contribution in [-0.4, -0.2) is 38.8 Å². The minimum Gasteiger partial charge on any atom is -0.392 e. The number of alkyl halides is 2. The second-order valence-corrected chi connectivity index (χ2v) is 4.84. The molecule has 1 aliphatic heterocycles. The van der Waals surface area contributed by atoms with E-state index in [2.05, 4.69) is 4.98 Å². The lowest BCUT2D eigenvalue weighted by Crippen LogP contribution is -2.23. The number of imidazole rings is 1. The summed E-state index contributed by atoms with van der Waals surface area (Å²) in [5.41, 5.74) is 1.03. The minimum atomic E-state index is -2.60. The maximum absolute atomic E-state index is 13.2. The fourth-order valence-corrected chi connectivity index (χ4v) is 2.58. The first-order chi connectivity index (χ1) is 9.15. The molecule has 1 aromatic heterocycles. The van der Waals surface area contributed by atoms with Crippen molar-refractivity contribution >= 4 is 11.0 Å². The average molecular weight is 267 g/mol. The molecule has 0 radical (unpaired) electrons. The molecule has 1 saturated heterocycles. The zero-order valence-corrected chi connectivity index (χ0v) is 10.3. The van der Waals surface area contributed by atoms with Crippen LogP contribution in [0.1, 0.15) is 18.8 Å². The van der Waals surface area contributed by atoms with Crippen molar-refractivity contribution in [3.63, 3.8) is 0 Å². The van der Waals surface area contributed by atoms with Gasteiger partial charge in [0.15, 0.2) is 0 Å². The number of likely N-dealkylation sites (tertiary alicyclic amines) is 1. The highest BCUT2D eigenvalue weighted by molar-refractivity contribution is 5.75. The molecule has 2 heterocycles. The molecule has 4 nitrogen and oxygen atoms in total. The van der Waals surface area contributed by atoms with Crippen LogP contribution in [0.2, 0.25) is 0 Å². The lowest BCUT2D eigenvalue weighted by molar-refractivity contribution is 0.0686. The molecule has 1 atom stereocenters. The predicted molar refractivity (Wildman–Crippen MR) is 66.9 cm³/mol. The predicted octanol–water partition coefficient (Wildman–Crippen LogP) is 2.00. The zero-order chi connectivity index (χ0) is 13.4. The third-order valence-corrected chi connectivity index (χ3v) is 3.48. The minimum absolute atomic E-state index is 0.343. The number of β-amino-alcohol motifs (C(OH)–C–C–N with tert-alkyl or cyclic N) is 1. The molecule has 0 spiro atoms. The summed E-state index contributed by atoms with van der Waals surface area (Å²) in [5, 5.41) is 9.48. The number of aliphatic hydroxyl groups is 1. The summed E-state index contributed by atoms with van der Waals surface area (Å²) in [6.07, 6.45) is 0.332. The highest BCUT2D eigenvalue weighted by Crippen LogP contribution is 2.24. The molecular formula is C13H15F2N3O. The number of benzene rings is 1. The van der Waals surface area contributed by atoms with Gasteiger partial charge in [0.2, 0.25) is 0 Å². The number of aromatic nitrogens is 2. The van der Waals surface area contributed by atoms with E-state index < -0.39 is 6.55 Å². The fraction of sp³-hybridized carbons (Fsp3) is 0.462. The molecule has 19 heavy (non-hydrogen) atoms. The van der Waals surface area contributed by atoms with Crippen molar-refractivity contribution in [3.8, 4) is 0 Å². The first kappa shape index (κ1) is 12.5.